The zero-order valence-corrected chi connectivity index (χ0v) is 14.8. The Morgan fingerprint density at radius 3 is 1.96 bits per heavy atom. The summed E-state index contributed by atoms with van der Waals surface area (Å²) in [5.41, 5.74) is 7.90. The fourth-order valence-electron chi connectivity index (χ4n) is 2.34. The summed E-state index contributed by atoms with van der Waals surface area (Å²) < 4.78 is 25.2. The maximum atomic E-state index is 12.6. The predicted molar refractivity (Wildman–Crippen MR) is 106 cm³/mol. The zero-order valence-electron chi connectivity index (χ0n) is 14.0. The molecule has 0 saturated carbocycles. The lowest BCUT2D eigenvalue weighted by atomic mass is 10.2. The van der Waals surface area contributed by atoms with E-state index < -0.39 is 9.84 Å². The Labute approximate surface area is 153 Å². The number of nitrogen functional groups attached to an aromatic ring is 1. The van der Waals surface area contributed by atoms with Gasteiger partial charge in [-0.2, -0.15) is 0 Å². The summed E-state index contributed by atoms with van der Waals surface area (Å²) in [5, 5.41) is 0. The van der Waals surface area contributed by atoms with Crippen LogP contribution < -0.4 is 5.73 Å². The molecule has 0 spiro atoms. The van der Waals surface area contributed by atoms with Gasteiger partial charge >= 0.3 is 0 Å². The van der Waals surface area contributed by atoms with Gasteiger partial charge in [-0.05, 0) is 60.2 Å². The van der Waals surface area contributed by atoms with Crippen LogP contribution >= 0.6 is 0 Å². The first kappa shape index (κ1) is 17.6. The normalized spacial score (nSPS) is 12.0. The molecule has 5 heteroatoms. The number of allylic oxidation sites excluding steroid dienone is 1. The molecule has 0 saturated heterocycles. The molecule has 0 aromatic heterocycles. The van der Waals surface area contributed by atoms with Crippen molar-refractivity contribution in [1.29, 1.82) is 0 Å². The third-order valence-electron chi connectivity index (χ3n) is 3.74. The van der Waals surface area contributed by atoms with E-state index in [1.54, 1.807) is 42.6 Å². The van der Waals surface area contributed by atoms with Gasteiger partial charge in [-0.3, -0.25) is 4.99 Å². The van der Waals surface area contributed by atoms with Crippen LogP contribution in [0.5, 0.6) is 0 Å². The van der Waals surface area contributed by atoms with Crippen molar-refractivity contribution in [3.63, 3.8) is 0 Å². The van der Waals surface area contributed by atoms with Crippen LogP contribution in [0.4, 0.5) is 11.4 Å². The average Bonchev–Trinajstić information content (AvgIpc) is 2.67. The Bertz CT molecular complexity index is 1020. The van der Waals surface area contributed by atoms with Crippen LogP contribution in [-0.2, 0) is 9.84 Å². The molecule has 0 atom stereocenters. The second kappa shape index (κ2) is 7.80. The van der Waals surface area contributed by atoms with Crippen LogP contribution in [0.1, 0.15) is 5.56 Å². The minimum Gasteiger partial charge on any atom is -0.399 e. The van der Waals surface area contributed by atoms with Crippen molar-refractivity contribution in [2.75, 3.05) is 5.73 Å². The minimum atomic E-state index is -3.56. The van der Waals surface area contributed by atoms with Crippen LogP contribution in [0.15, 0.2) is 99.7 Å². The Morgan fingerprint density at radius 1 is 0.769 bits per heavy atom. The summed E-state index contributed by atoms with van der Waals surface area (Å²) in [5.74, 6) is 0. The van der Waals surface area contributed by atoms with Crippen molar-refractivity contribution < 1.29 is 8.42 Å². The molecule has 4 nitrogen and oxygen atoms in total. The molecule has 0 bridgehead atoms. The Hall–Kier alpha value is -3.18. The van der Waals surface area contributed by atoms with E-state index in [0.717, 1.165) is 5.56 Å². The summed E-state index contributed by atoms with van der Waals surface area (Å²) in [4.78, 5) is 4.75. The molecule has 0 radical (unpaired) electrons. The second-order valence-electron chi connectivity index (χ2n) is 5.61. The molecule has 2 N–H and O–H groups in total. The highest BCUT2D eigenvalue weighted by atomic mass is 32.2. The lowest BCUT2D eigenvalue weighted by molar-refractivity contribution is 0.596. The van der Waals surface area contributed by atoms with Crippen molar-refractivity contribution in [1.82, 2.24) is 0 Å². The third kappa shape index (κ3) is 4.26. The fourth-order valence-corrected chi connectivity index (χ4v) is 3.60. The van der Waals surface area contributed by atoms with E-state index in [1.165, 1.54) is 12.1 Å². The smallest absolute Gasteiger partial charge is 0.206 e. The van der Waals surface area contributed by atoms with Gasteiger partial charge in [0.15, 0.2) is 0 Å². The molecule has 26 heavy (non-hydrogen) atoms. The van der Waals surface area contributed by atoms with Gasteiger partial charge in [0.25, 0.3) is 0 Å². The van der Waals surface area contributed by atoms with Gasteiger partial charge in [-0.15, -0.1) is 0 Å². The molecule has 3 rings (SSSR count). The van der Waals surface area contributed by atoms with Crippen LogP contribution in [0, 0.1) is 0 Å². The first-order chi connectivity index (χ1) is 12.6. The first-order valence-corrected chi connectivity index (χ1v) is 9.50. The van der Waals surface area contributed by atoms with E-state index in [1.807, 2.05) is 42.5 Å². The number of nitrogens with two attached hydrogens (primary N) is 1. The van der Waals surface area contributed by atoms with Crippen molar-refractivity contribution in [3.05, 3.63) is 90.5 Å². The molecule has 3 aromatic carbocycles. The molecule has 0 amide bonds. The summed E-state index contributed by atoms with van der Waals surface area (Å²) in [6, 6.07) is 22.5. The monoisotopic (exact) mass is 362 g/mol. The maximum Gasteiger partial charge on any atom is 0.206 e. The predicted octanol–water partition coefficient (Wildman–Crippen LogP) is 4.52. The Kier molecular flexibility index (Phi) is 5.29. The van der Waals surface area contributed by atoms with Crippen molar-refractivity contribution in [3.8, 4) is 0 Å². The number of sulfone groups is 1. The molecular weight excluding hydrogens is 344 g/mol. The largest absolute Gasteiger partial charge is 0.399 e. The molecule has 0 fully saturated rings. The number of nitrogens with zero attached hydrogens (tertiary/aromatic N) is 1. The minimum absolute atomic E-state index is 0.216. The van der Waals surface area contributed by atoms with Gasteiger partial charge in [0.2, 0.25) is 9.84 Å². The van der Waals surface area contributed by atoms with Crippen LogP contribution in [-0.4, -0.2) is 14.6 Å². The van der Waals surface area contributed by atoms with E-state index >= 15 is 0 Å². The quantitative estimate of drug-likeness (QED) is 0.536. The SMILES string of the molecule is Nc1ccc(S(=O)(=O)c2ccc(N=C/C=C/c3ccccc3)cc2)cc1. The molecule has 3 aromatic rings. The van der Waals surface area contributed by atoms with Crippen LogP contribution in [0.3, 0.4) is 0 Å². The molecule has 0 aliphatic carbocycles. The van der Waals surface area contributed by atoms with E-state index in [0.29, 0.717) is 11.4 Å². The first-order valence-electron chi connectivity index (χ1n) is 8.02. The Balaban J connectivity index is 1.73. The van der Waals surface area contributed by atoms with Gasteiger partial charge < -0.3 is 5.73 Å². The fraction of sp³-hybridized carbons (Fsp3) is 0. The van der Waals surface area contributed by atoms with Gasteiger partial charge in [0, 0.05) is 11.9 Å². The average molecular weight is 362 g/mol. The van der Waals surface area contributed by atoms with Gasteiger partial charge in [-0.1, -0.05) is 36.4 Å². The number of aliphatic imine (C=N–C) groups is 1. The summed E-state index contributed by atoms with van der Waals surface area (Å²) in [6.45, 7) is 0. The van der Waals surface area contributed by atoms with Crippen molar-refractivity contribution >= 4 is 33.5 Å². The highest BCUT2D eigenvalue weighted by molar-refractivity contribution is 7.91. The number of rotatable bonds is 5. The van der Waals surface area contributed by atoms with E-state index in [2.05, 4.69) is 4.99 Å². The number of anilines is 1. The summed E-state index contributed by atoms with van der Waals surface area (Å²) >= 11 is 0. The molecule has 0 unspecified atom stereocenters. The van der Waals surface area contributed by atoms with Crippen molar-refractivity contribution in [2.45, 2.75) is 9.79 Å². The highest BCUT2D eigenvalue weighted by Crippen LogP contribution is 2.23. The second-order valence-corrected chi connectivity index (χ2v) is 7.56. The van der Waals surface area contributed by atoms with E-state index in [-0.39, 0.29) is 9.79 Å². The van der Waals surface area contributed by atoms with Gasteiger partial charge in [0.1, 0.15) is 0 Å². The molecule has 0 aliphatic heterocycles. The lowest BCUT2D eigenvalue weighted by Gasteiger charge is -2.05. The zero-order chi connectivity index (χ0) is 18.4. The standard InChI is InChI=1S/C21H18N2O2S/c22-18-8-12-20(13-9-18)26(24,25)21-14-10-19(11-15-21)23-16-4-7-17-5-2-1-3-6-17/h1-16H,22H2/b7-4+,23-16?. The molecule has 130 valence electrons. The number of hydrogen-bond donors (Lipinski definition) is 1. The Morgan fingerprint density at radius 2 is 1.35 bits per heavy atom. The summed E-state index contributed by atoms with van der Waals surface area (Å²) in [6.07, 6.45) is 5.47. The third-order valence-corrected chi connectivity index (χ3v) is 5.52. The molecular formula is C21H18N2O2S. The topological polar surface area (TPSA) is 72.5 Å². The lowest BCUT2D eigenvalue weighted by Crippen LogP contribution is -2.01. The van der Waals surface area contributed by atoms with E-state index in [9.17, 15) is 8.42 Å². The molecule has 0 aliphatic rings. The maximum absolute atomic E-state index is 12.6. The van der Waals surface area contributed by atoms with E-state index in [4.69, 9.17) is 5.73 Å². The molecule has 0 heterocycles. The van der Waals surface area contributed by atoms with Crippen LogP contribution in [0.2, 0.25) is 0 Å². The summed E-state index contributed by atoms with van der Waals surface area (Å²) in [7, 11) is -3.56. The van der Waals surface area contributed by atoms with Gasteiger partial charge in [-0.25, -0.2) is 8.42 Å². The highest BCUT2D eigenvalue weighted by Gasteiger charge is 2.16. The van der Waals surface area contributed by atoms with Crippen molar-refractivity contribution in [2.24, 2.45) is 4.99 Å². The number of benzene rings is 3. The number of hydrogen-bond acceptors (Lipinski definition) is 4. The van der Waals surface area contributed by atoms with Crippen LogP contribution in [0.25, 0.3) is 6.08 Å². The van der Waals surface area contributed by atoms with Gasteiger partial charge in [0.05, 0.1) is 15.5 Å².